The molecule has 0 unspecified atom stereocenters. The lowest BCUT2D eigenvalue weighted by atomic mass is 10.9. The Morgan fingerprint density at radius 3 is 1.00 bits per heavy atom. The predicted octanol–water partition coefficient (Wildman–Crippen LogP) is 0.000400. The number of carbonyl (C=O) groups excluding carboxylic acids is 6. The van der Waals surface area contributed by atoms with Gasteiger partial charge in [-0.05, 0) is 0 Å². The van der Waals surface area contributed by atoms with Gasteiger partial charge in [0.1, 0.15) is 0 Å². The zero-order valence-corrected chi connectivity index (χ0v) is 18.2. The van der Waals surface area contributed by atoms with Crippen LogP contribution in [0.1, 0.15) is 41.5 Å². The molecule has 0 heterocycles. The number of rotatable bonds is 7. The number of carbonyl (C=O) groups is 6. The van der Waals surface area contributed by atoms with E-state index in [4.69, 9.17) is 13.3 Å². The maximum atomic E-state index is 10.8. The lowest BCUT2D eigenvalue weighted by molar-refractivity contribution is -0.149. The first-order valence-corrected chi connectivity index (χ1v) is 10.4. The molecule has 0 aromatic carbocycles. The van der Waals surface area contributed by atoms with Crippen LogP contribution in [-0.2, 0) is 55.3 Å². The van der Waals surface area contributed by atoms with Crippen LogP contribution in [0.2, 0.25) is 0 Å². The molecule has 0 aliphatic rings. The van der Waals surface area contributed by atoms with E-state index in [1.807, 2.05) is 0 Å². The molecular weight excluding hydrogens is 416 g/mol. The van der Waals surface area contributed by atoms with Crippen LogP contribution < -0.4 is 0 Å². The standard InChI is InChI=1S/C8H12O6Si.C6H9O6Si/c1-5-15(12-6(2)9,13-7(3)10)14-8(4)11;1-4(7)10-13(11-5(2)8)12-6(3)9/h5H,1H2,2-4H3;1-3H3. The van der Waals surface area contributed by atoms with Crippen LogP contribution in [0.15, 0.2) is 12.3 Å². The van der Waals surface area contributed by atoms with Gasteiger partial charge in [0.05, 0.1) is 0 Å². The average molecular weight is 437 g/mol. The molecule has 0 aliphatic heterocycles. The smallest absolute Gasteiger partial charge is 0.452 e. The Morgan fingerprint density at radius 1 is 0.607 bits per heavy atom. The second-order valence-corrected chi connectivity index (χ2v) is 7.96. The van der Waals surface area contributed by atoms with E-state index < -0.39 is 54.1 Å². The van der Waals surface area contributed by atoms with Gasteiger partial charge >= 0.3 is 18.3 Å². The minimum Gasteiger partial charge on any atom is -0.452 e. The molecule has 14 heteroatoms. The zero-order chi connectivity index (χ0) is 22.5. The second-order valence-electron chi connectivity index (χ2n) is 4.62. The Hall–Kier alpha value is -3.01. The first kappa shape index (κ1) is 27.2. The summed E-state index contributed by atoms with van der Waals surface area (Å²) < 4.78 is 27.5. The maximum absolute atomic E-state index is 10.8. The summed E-state index contributed by atoms with van der Waals surface area (Å²) in [6, 6.07) is 0. The van der Waals surface area contributed by atoms with Crippen molar-refractivity contribution >= 4 is 54.1 Å². The van der Waals surface area contributed by atoms with Crippen LogP contribution in [0.25, 0.3) is 0 Å². The van der Waals surface area contributed by atoms with Crippen molar-refractivity contribution in [2.45, 2.75) is 41.5 Å². The van der Waals surface area contributed by atoms with Gasteiger partial charge in [-0.25, -0.2) is 0 Å². The second kappa shape index (κ2) is 13.2. The SMILES string of the molecule is C=C[Si](OC(C)=O)(OC(C)=O)OC(C)=O.CC(=O)O[Si](OC(C)=O)OC(C)=O. The molecule has 0 N–H and O–H groups in total. The van der Waals surface area contributed by atoms with Crippen molar-refractivity contribution in [3.63, 3.8) is 0 Å². The molecule has 0 spiro atoms. The molecule has 157 valence electrons. The molecular formula is C14H21O12Si2. The van der Waals surface area contributed by atoms with Crippen LogP contribution in [0.4, 0.5) is 0 Å². The molecule has 0 aliphatic carbocycles. The summed E-state index contributed by atoms with van der Waals surface area (Å²) in [5.41, 5.74) is 1.04. The summed E-state index contributed by atoms with van der Waals surface area (Å²) in [6.07, 6.45) is 0. The minimum absolute atomic E-state index is 0.670. The lowest BCUT2D eigenvalue weighted by Crippen LogP contribution is -2.47. The first-order chi connectivity index (χ1) is 12.7. The van der Waals surface area contributed by atoms with E-state index in [2.05, 4.69) is 19.9 Å². The zero-order valence-electron chi connectivity index (χ0n) is 16.2. The highest BCUT2D eigenvalue weighted by Crippen LogP contribution is 2.12. The third kappa shape index (κ3) is 15.3. The van der Waals surface area contributed by atoms with E-state index in [0.717, 1.165) is 47.2 Å². The molecule has 28 heavy (non-hydrogen) atoms. The fraction of sp³-hybridized carbons (Fsp3) is 0.429. The normalized spacial score (nSPS) is 9.68. The fourth-order valence-corrected chi connectivity index (χ4v) is 3.61. The Balaban J connectivity index is 0. The topological polar surface area (TPSA) is 158 Å². The molecule has 0 amide bonds. The molecule has 12 nitrogen and oxygen atoms in total. The third-order valence-electron chi connectivity index (χ3n) is 1.79. The molecule has 0 fully saturated rings. The molecule has 0 rings (SSSR count). The van der Waals surface area contributed by atoms with Crippen molar-refractivity contribution in [3.05, 3.63) is 12.3 Å². The number of hydrogen-bond donors (Lipinski definition) is 0. The van der Waals surface area contributed by atoms with Crippen molar-refractivity contribution in [2.24, 2.45) is 0 Å². The monoisotopic (exact) mass is 437 g/mol. The molecule has 1 radical (unpaired) electrons. The van der Waals surface area contributed by atoms with E-state index in [9.17, 15) is 28.8 Å². The summed E-state index contributed by atoms with van der Waals surface area (Å²) in [5, 5.41) is 0. The van der Waals surface area contributed by atoms with E-state index in [0.29, 0.717) is 0 Å². The maximum Gasteiger partial charge on any atom is 0.824 e. The van der Waals surface area contributed by atoms with Crippen molar-refractivity contribution in [1.29, 1.82) is 0 Å². The van der Waals surface area contributed by atoms with Gasteiger partial charge in [0.25, 0.3) is 35.8 Å². The van der Waals surface area contributed by atoms with Gasteiger partial charge in [0, 0.05) is 47.2 Å². The molecule has 0 aromatic rings. The molecule has 0 aromatic heterocycles. The van der Waals surface area contributed by atoms with E-state index in [1.54, 1.807) is 0 Å². The van der Waals surface area contributed by atoms with E-state index >= 15 is 0 Å². The quantitative estimate of drug-likeness (QED) is 0.491. The fourth-order valence-electron chi connectivity index (χ4n) is 1.20. The highest BCUT2D eigenvalue weighted by molar-refractivity contribution is 6.70. The van der Waals surface area contributed by atoms with Crippen molar-refractivity contribution in [2.75, 3.05) is 0 Å². The van der Waals surface area contributed by atoms with Crippen molar-refractivity contribution in [1.82, 2.24) is 0 Å². The van der Waals surface area contributed by atoms with Crippen molar-refractivity contribution < 1.29 is 55.3 Å². The van der Waals surface area contributed by atoms with Crippen LogP contribution in [-0.4, -0.2) is 54.1 Å². The third-order valence-corrected chi connectivity index (χ3v) is 5.37. The Bertz CT molecular complexity index is 551. The van der Waals surface area contributed by atoms with Crippen LogP contribution in [0.3, 0.4) is 0 Å². The summed E-state index contributed by atoms with van der Waals surface area (Å²) in [5.74, 6) is -4.17. The van der Waals surface area contributed by atoms with Gasteiger partial charge in [0.15, 0.2) is 0 Å². The highest BCUT2D eigenvalue weighted by Gasteiger charge is 2.48. The highest BCUT2D eigenvalue weighted by atomic mass is 28.4. The van der Waals surface area contributed by atoms with E-state index in [-0.39, 0.29) is 0 Å². The van der Waals surface area contributed by atoms with Gasteiger partial charge in [-0.1, -0.05) is 6.58 Å². The summed E-state index contributed by atoms with van der Waals surface area (Å²) in [7, 11) is -6.34. The molecule has 0 bridgehead atoms. The van der Waals surface area contributed by atoms with Gasteiger partial charge in [-0.2, -0.15) is 0 Å². The van der Waals surface area contributed by atoms with Crippen LogP contribution in [0, 0.1) is 0 Å². The summed E-state index contributed by atoms with van der Waals surface area (Å²) >= 11 is 0. The van der Waals surface area contributed by atoms with Crippen LogP contribution >= 0.6 is 0 Å². The van der Waals surface area contributed by atoms with Crippen molar-refractivity contribution in [3.8, 4) is 0 Å². The molecule has 0 atom stereocenters. The summed E-state index contributed by atoms with van der Waals surface area (Å²) in [4.78, 5) is 63.6. The van der Waals surface area contributed by atoms with Gasteiger partial charge in [-0.3, -0.25) is 28.8 Å². The Kier molecular flexibility index (Phi) is 12.8. The largest absolute Gasteiger partial charge is 0.824 e. The first-order valence-electron chi connectivity index (χ1n) is 7.37. The average Bonchev–Trinajstić information content (AvgIpc) is 2.43. The number of hydrogen-bond acceptors (Lipinski definition) is 12. The van der Waals surface area contributed by atoms with Gasteiger partial charge < -0.3 is 26.6 Å². The predicted molar refractivity (Wildman–Crippen MR) is 92.3 cm³/mol. The minimum atomic E-state index is -3.74. The lowest BCUT2D eigenvalue weighted by Gasteiger charge is -2.22. The van der Waals surface area contributed by atoms with Crippen LogP contribution in [0.5, 0.6) is 0 Å². The molecule has 0 saturated carbocycles. The van der Waals surface area contributed by atoms with Gasteiger partial charge in [0.2, 0.25) is 0 Å². The Labute approximate surface area is 164 Å². The van der Waals surface area contributed by atoms with E-state index in [1.165, 1.54) is 0 Å². The summed E-state index contributed by atoms with van der Waals surface area (Å²) in [6.45, 7) is 10.0. The Morgan fingerprint density at radius 2 is 0.857 bits per heavy atom. The molecule has 0 saturated heterocycles. The van der Waals surface area contributed by atoms with Gasteiger partial charge in [-0.15, -0.1) is 0 Å².